The number of carbonyl (C=O) groups is 1. The zero-order chi connectivity index (χ0) is 9.68. The molecule has 1 unspecified atom stereocenters. The fourth-order valence-electron chi connectivity index (χ4n) is 1.46. The van der Waals surface area contributed by atoms with Crippen LogP contribution in [0.2, 0.25) is 0 Å². The maximum absolute atomic E-state index is 11.4. The number of rotatable bonds is 5. The van der Waals surface area contributed by atoms with E-state index < -0.39 is 0 Å². The number of likely N-dealkylation sites (tertiary alicyclic amines) is 1. The molecule has 0 aromatic heterocycles. The molecule has 1 heterocycles. The summed E-state index contributed by atoms with van der Waals surface area (Å²) >= 11 is 1.91. The van der Waals surface area contributed by atoms with Gasteiger partial charge in [0.25, 0.3) is 0 Å². The molecular weight excluding hydrogens is 184 g/mol. The Labute approximate surface area is 84.2 Å². The molecule has 1 atom stereocenters. The van der Waals surface area contributed by atoms with Gasteiger partial charge in [-0.25, -0.2) is 0 Å². The van der Waals surface area contributed by atoms with Crippen molar-refractivity contribution in [2.75, 3.05) is 31.6 Å². The van der Waals surface area contributed by atoms with Crippen molar-refractivity contribution in [1.82, 2.24) is 10.2 Å². The van der Waals surface area contributed by atoms with Crippen LogP contribution in [0.4, 0.5) is 0 Å². The summed E-state index contributed by atoms with van der Waals surface area (Å²) in [6.45, 7) is 4.00. The standard InChI is InChI=1S/C9H18N2OS/c1-3-13-7-5-10-8-4-6-11(2)9(8)12/h8,10H,3-7H2,1-2H3. The molecular formula is C9H18N2OS. The van der Waals surface area contributed by atoms with Gasteiger partial charge in [0.1, 0.15) is 0 Å². The van der Waals surface area contributed by atoms with E-state index >= 15 is 0 Å². The van der Waals surface area contributed by atoms with Gasteiger partial charge in [0.2, 0.25) is 5.91 Å². The lowest BCUT2D eigenvalue weighted by Gasteiger charge is -2.11. The molecule has 13 heavy (non-hydrogen) atoms. The Bertz CT molecular complexity index is 175. The molecule has 4 heteroatoms. The molecule has 1 fully saturated rings. The van der Waals surface area contributed by atoms with Gasteiger partial charge in [0.15, 0.2) is 0 Å². The second-order valence-corrected chi connectivity index (χ2v) is 4.65. The van der Waals surface area contributed by atoms with Crippen LogP contribution in [-0.4, -0.2) is 48.5 Å². The van der Waals surface area contributed by atoms with Gasteiger partial charge in [-0.2, -0.15) is 11.8 Å². The van der Waals surface area contributed by atoms with Crippen LogP contribution < -0.4 is 5.32 Å². The van der Waals surface area contributed by atoms with Gasteiger partial charge in [-0.1, -0.05) is 6.92 Å². The third-order valence-electron chi connectivity index (χ3n) is 2.27. The molecule has 1 aliphatic rings. The first kappa shape index (κ1) is 10.9. The molecule has 0 spiro atoms. The van der Waals surface area contributed by atoms with Crippen LogP contribution in [-0.2, 0) is 4.79 Å². The van der Waals surface area contributed by atoms with Crippen molar-refractivity contribution in [1.29, 1.82) is 0 Å². The number of nitrogens with zero attached hydrogens (tertiary/aromatic N) is 1. The summed E-state index contributed by atoms with van der Waals surface area (Å²) in [5, 5.41) is 3.28. The molecule has 76 valence electrons. The number of carbonyl (C=O) groups excluding carboxylic acids is 1. The van der Waals surface area contributed by atoms with E-state index in [2.05, 4.69) is 12.2 Å². The van der Waals surface area contributed by atoms with Crippen molar-refractivity contribution in [2.24, 2.45) is 0 Å². The van der Waals surface area contributed by atoms with E-state index in [1.54, 1.807) is 4.90 Å². The van der Waals surface area contributed by atoms with Crippen molar-refractivity contribution >= 4 is 17.7 Å². The van der Waals surface area contributed by atoms with E-state index in [0.717, 1.165) is 31.0 Å². The van der Waals surface area contributed by atoms with Crippen LogP contribution in [0.15, 0.2) is 0 Å². The molecule has 3 nitrogen and oxygen atoms in total. The Hall–Kier alpha value is -0.220. The summed E-state index contributed by atoms with van der Waals surface area (Å²) in [5.41, 5.74) is 0. The van der Waals surface area contributed by atoms with Crippen molar-refractivity contribution in [3.8, 4) is 0 Å². The molecule has 0 radical (unpaired) electrons. The summed E-state index contributed by atoms with van der Waals surface area (Å²) in [6.07, 6.45) is 0.964. The Balaban J connectivity index is 2.12. The van der Waals surface area contributed by atoms with E-state index in [-0.39, 0.29) is 11.9 Å². The highest BCUT2D eigenvalue weighted by Crippen LogP contribution is 2.08. The normalized spacial score (nSPS) is 22.8. The number of amides is 1. The van der Waals surface area contributed by atoms with Crippen LogP contribution in [0.5, 0.6) is 0 Å². The summed E-state index contributed by atoms with van der Waals surface area (Å²) in [6, 6.07) is 0.0856. The molecule has 1 rings (SSSR count). The number of thioether (sulfide) groups is 1. The van der Waals surface area contributed by atoms with Crippen molar-refractivity contribution in [3.63, 3.8) is 0 Å². The Morgan fingerprint density at radius 3 is 3.00 bits per heavy atom. The van der Waals surface area contributed by atoms with Crippen molar-refractivity contribution in [3.05, 3.63) is 0 Å². The van der Waals surface area contributed by atoms with Crippen LogP contribution in [0, 0.1) is 0 Å². The van der Waals surface area contributed by atoms with Gasteiger partial charge in [-0.15, -0.1) is 0 Å². The largest absolute Gasteiger partial charge is 0.344 e. The predicted molar refractivity (Wildman–Crippen MR) is 57.0 cm³/mol. The minimum absolute atomic E-state index is 0.0856. The lowest BCUT2D eigenvalue weighted by atomic mass is 10.2. The molecule has 1 aliphatic heterocycles. The first-order valence-corrected chi connectivity index (χ1v) is 5.97. The molecule has 1 amide bonds. The van der Waals surface area contributed by atoms with Gasteiger partial charge in [0.05, 0.1) is 6.04 Å². The third-order valence-corrected chi connectivity index (χ3v) is 3.17. The quantitative estimate of drug-likeness (QED) is 0.661. The number of likely N-dealkylation sites (N-methyl/N-ethyl adjacent to an activating group) is 1. The minimum atomic E-state index is 0.0856. The molecule has 0 bridgehead atoms. The smallest absolute Gasteiger partial charge is 0.239 e. The first-order chi connectivity index (χ1) is 6.25. The minimum Gasteiger partial charge on any atom is -0.344 e. The topological polar surface area (TPSA) is 32.3 Å². The fourth-order valence-corrected chi connectivity index (χ4v) is 2.01. The average Bonchev–Trinajstić information content (AvgIpc) is 2.43. The van der Waals surface area contributed by atoms with Crippen LogP contribution in [0.3, 0.4) is 0 Å². The Morgan fingerprint density at radius 2 is 2.46 bits per heavy atom. The Kier molecular flexibility index (Phi) is 4.59. The van der Waals surface area contributed by atoms with Crippen molar-refractivity contribution in [2.45, 2.75) is 19.4 Å². The second kappa shape index (κ2) is 5.50. The van der Waals surface area contributed by atoms with E-state index in [9.17, 15) is 4.79 Å². The number of hydrogen-bond acceptors (Lipinski definition) is 3. The molecule has 0 aromatic rings. The lowest BCUT2D eigenvalue weighted by Crippen LogP contribution is -2.37. The summed E-state index contributed by atoms with van der Waals surface area (Å²) in [7, 11) is 1.87. The van der Waals surface area contributed by atoms with Crippen LogP contribution in [0.1, 0.15) is 13.3 Å². The Morgan fingerprint density at radius 1 is 1.69 bits per heavy atom. The van der Waals surface area contributed by atoms with Gasteiger partial charge in [-0.05, 0) is 12.2 Å². The third kappa shape index (κ3) is 3.19. The molecule has 0 saturated carbocycles. The average molecular weight is 202 g/mol. The summed E-state index contributed by atoms with van der Waals surface area (Å²) in [5.74, 6) is 2.51. The van der Waals surface area contributed by atoms with E-state index in [0.29, 0.717) is 0 Å². The molecule has 0 aliphatic carbocycles. The van der Waals surface area contributed by atoms with Gasteiger partial charge in [-0.3, -0.25) is 4.79 Å². The molecule has 1 saturated heterocycles. The van der Waals surface area contributed by atoms with Crippen LogP contribution in [0.25, 0.3) is 0 Å². The lowest BCUT2D eigenvalue weighted by molar-refractivity contribution is -0.128. The van der Waals surface area contributed by atoms with Gasteiger partial charge in [0, 0.05) is 25.9 Å². The van der Waals surface area contributed by atoms with E-state index in [1.807, 2.05) is 18.8 Å². The monoisotopic (exact) mass is 202 g/mol. The summed E-state index contributed by atoms with van der Waals surface area (Å²) in [4.78, 5) is 13.2. The van der Waals surface area contributed by atoms with Crippen LogP contribution >= 0.6 is 11.8 Å². The SMILES string of the molecule is CCSCCNC1CCN(C)C1=O. The fraction of sp³-hybridized carbons (Fsp3) is 0.889. The highest BCUT2D eigenvalue weighted by molar-refractivity contribution is 7.99. The zero-order valence-corrected chi connectivity index (χ0v) is 9.19. The maximum atomic E-state index is 11.4. The molecule has 0 aromatic carbocycles. The highest BCUT2D eigenvalue weighted by atomic mass is 32.2. The van der Waals surface area contributed by atoms with Crippen molar-refractivity contribution < 1.29 is 4.79 Å². The molecule has 1 N–H and O–H groups in total. The maximum Gasteiger partial charge on any atom is 0.239 e. The van der Waals surface area contributed by atoms with Gasteiger partial charge >= 0.3 is 0 Å². The zero-order valence-electron chi connectivity index (χ0n) is 8.38. The highest BCUT2D eigenvalue weighted by Gasteiger charge is 2.27. The van der Waals surface area contributed by atoms with E-state index in [4.69, 9.17) is 0 Å². The second-order valence-electron chi connectivity index (χ2n) is 3.25. The first-order valence-electron chi connectivity index (χ1n) is 4.81. The van der Waals surface area contributed by atoms with Gasteiger partial charge < -0.3 is 10.2 Å². The number of nitrogens with one attached hydrogen (secondary N) is 1. The predicted octanol–water partition coefficient (Wildman–Crippen LogP) is 0.560. The summed E-state index contributed by atoms with van der Waals surface area (Å²) < 4.78 is 0. The number of hydrogen-bond donors (Lipinski definition) is 1. The van der Waals surface area contributed by atoms with E-state index in [1.165, 1.54) is 0 Å².